The summed E-state index contributed by atoms with van der Waals surface area (Å²) in [6.07, 6.45) is 6.54. The molecule has 0 aliphatic carbocycles. The molecular weight excluding hydrogens is 366 g/mol. The van der Waals surface area contributed by atoms with Crippen LogP contribution in [-0.4, -0.2) is 60.9 Å². The first-order valence-electron chi connectivity index (χ1n) is 10.9. The fourth-order valence-corrected chi connectivity index (χ4v) is 4.62. The van der Waals surface area contributed by atoms with Gasteiger partial charge in [0.05, 0.1) is 18.0 Å². The molecule has 2 amide bonds. The number of hydrogen-bond acceptors (Lipinski definition) is 4. The fourth-order valence-electron chi connectivity index (χ4n) is 4.62. The van der Waals surface area contributed by atoms with Crippen molar-refractivity contribution < 1.29 is 14.3 Å². The molecule has 1 atom stereocenters. The minimum atomic E-state index is -0.485. The van der Waals surface area contributed by atoms with Crippen LogP contribution in [0.15, 0.2) is 24.3 Å². The van der Waals surface area contributed by atoms with Gasteiger partial charge in [-0.05, 0) is 50.7 Å². The van der Waals surface area contributed by atoms with E-state index in [1.165, 1.54) is 5.56 Å². The second kappa shape index (κ2) is 9.61. The van der Waals surface area contributed by atoms with Crippen molar-refractivity contribution in [1.82, 2.24) is 9.80 Å². The quantitative estimate of drug-likeness (QED) is 0.785. The first kappa shape index (κ1) is 21.6. The molecule has 3 rings (SSSR count). The van der Waals surface area contributed by atoms with Gasteiger partial charge in [-0.3, -0.25) is 9.59 Å². The standard InChI is InChI=1S/C23H35N3O3/c1-18(24)21(27)26-14-12-23(13-15-26)11-7-3-4-8-19-9-5-6-10-20(19)29-17-16-25(2)22(23)28/h5-6,9-10,18H,3-4,7-8,11-17,24H2,1-2H3/t18-/m1/s1. The van der Waals surface area contributed by atoms with Crippen LogP contribution in [0.1, 0.15) is 51.0 Å². The predicted molar refractivity (Wildman–Crippen MR) is 114 cm³/mol. The van der Waals surface area contributed by atoms with Crippen LogP contribution in [0.2, 0.25) is 0 Å². The van der Waals surface area contributed by atoms with E-state index in [-0.39, 0.29) is 17.2 Å². The summed E-state index contributed by atoms with van der Waals surface area (Å²) in [6, 6.07) is 7.72. The van der Waals surface area contributed by atoms with Gasteiger partial charge < -0.3 is 20.3 Å². The van der Waals surface area contributed by atoms with Crippen molar-refractivity contribution in [1.29, 1.82) is 0 Å². The number of para-hydroxylation sites is 1. The number of piperidine rings is 1. The number of nitrogens with two attached hydrogens (primary N) is 1. The third-order valence-electron chi connectivity index (χ3n) is 6.48. The molecule has 1 fully saturated rings. The van der Waals surface area contributed by atoms with E-state index in [4.69, 9.17) is 10.5 Å². The molecule has 0 aromatic heterocycles. The van der Waals surface area contributed by atoms with Crippen LogP contribution in [-0.2, 0) is 16.0 Å². The zero-order valence-electron chi connectivity index (χ0n) is 17.9. The van der Waals surface area contributed by atoms with Crippen LogP contribution in [0.3, 0.4) is 0 Å². The molecule has 0 saturated carbocycles. The smallest absolute Gasteiger partial charge is 0.239 e. The third kappa shape index (κ3) is 5.10. The maximum atomic E-state index is 13.4. The topological polar surface area (TPSA) is 75.9 Å². The molecule has 1 saturated heterocycles. The lowest BCUT2D eigenvalue weighted by molar-refractivity contribution is -0.148. The van der Waals surface area contributed by atoms with Crippen LogP contribution in [0.4, 0.5) is 0 Å². The molecular formula is C23H35N3O3. The second-order valence-electron chi connectivity index (χ2n) is 8.64. The van der Waals surface area contributed by atoms with Crippen molar-refractivity contribution in [2.45, 2.75) is 57.9 Å². The first-order chi connectivity index (χ1) is 13.9. The van der Waals surface area contributed by atoms with E-state index in [0.717, 1.165) is 50.7 Å². The molecule has 1 aromatic carbocycles. The first-order valence-corrected chi connectivity index (χ1v) is 10.9. The van der Waals surface area contributed by atoms with Crippen molar-refractivity contribution in [2.75, 3.05) is 33.3 Å². The number of likely N-dealkylation sites (N-methyl/N-ethyl adjacent to an activating group) is 1. The molecule has 29 heavy (non-hydrogen) atoms. The number of aryl methyl sites for hydroxylation is 1. The lowest BCUT2D eigenvalue weighted by Gasteiger charge is -2.43. The maximum Gasteiger partial charge on any atom is 0.239 e. The number of ether oxygens (including phenoxy) is 1. The van der Waals surface area contributed by atoms with Crippen molar-refractivity contribution >= 4 is 11.8 Å². The molecule has 2 heterocycles. The van der Waals surface area contributed by atoms with Gasteiger partial charge >= 0.3 is 0 Å². The molecule has 2 aliphatic rings. The van der Waals surface area contributed by atoms with Gasteiger partial charge in [0.25, 0.3) is 0 Å². The summed E-state index contributed by atoms with van der Waals surface area (Å²) in [5.74, 6) is 1.11. The zero-order valence-corrected chi connectivity index (χ0v) is 17.9. The Morgan fingerprint density at radius 3 is 2.55 bits per heavy atom. The van der Waals surface area contributed by atoms with Gasteiger partial charge in [-0.15, -0.1) is 0 Å². The number of likely N-dealkylation sites (tertiary alicyclic amines) is 1. The van der Waals surface area contributed by atoms with E-state index in [2.05, 4.69) is 12.1 Å². The normalized spacial score (nSPS) is 22.0. The lowest BCUT2D eigenvalue weighted by atomic mass is 9.73. The molecule has 0 unspecified atom stereocenters. The largest absolute Gasteiger partial charge is 0.491 e. The molecule has 1 spiro atoms. The van der Waals surface area contributed by atoms with E-state index >= 15 is 0 Å². The Bertz CT molecular complexity index is 711. The highest BCUT2D eigenvalue weighted by atomic mass is 16.5. The lowest BCUT2D eigenvalue weighted by Crippen LogP contribution is -2.53. The van der Waals surface area contributed by atoms with Crippen LogP contribution < -0.4 is 10.5 Å². The Hall–Kier alpha value is -2.08. The molecule has 2 aliphatic heterocycles. The molecule has 160 valence electrons. The Labute approximate surface area is 174 Å². The minimum Gasteiger partial charge on any atom is -0.491 e. The van der Waals surface area contributed by atoms with Gasteiger partial charge in [0.2, 0.25) is 11.8 Å². The molecule has 6 nitrogen and oxygen atoms in total. The van der Waals surface area contributed by atoms with Gasteiger partial charge in [-0.2, -0.15) is 0 Å². The number of rotatable bonds is 1. The summed E-state index contributed by atoms with van der Waals surface area (Å²) < 4.78 is 6.01. The van der Waals surface area contributed by atoms with Gasteiger partial charge in [0.1, 0.15) is 12.4 Å². The van der Waals surface area contributed by atoms with Crippen molar-refractivity contribution in [3.05, 3.63) is 29.8 Å². The van der Waals surface area contributed by atoms with Crippen molar-refractivity contribution in [3.63, 3.8) is 0 Å². The van der Waals surface area contributed by atoms with Crippen LogP contribution in [0, 0.1) is 5.41 Å². The van der Waals surface area contributed by atoms with Crippen LogP contribution in [0.25, 0.3) is 0 Å². The Kier molecular flexibility index (Phi) is 7.17. The van der Waals surface area contributed by atoms with E-state index in [1.807, 2.05) is 29.0 Å². The zero-order chi connectivity index (χ0) is 20.9. The molecule has 0 radical (unpaired) electrons. The van der Waals surface area contributed by atoms with Gasteiger partial charge in [0, 0.05) is 20.1 Å². The van der Waals surface area contributed by atoms with Crippen molar-refractivity contribution in [2.24, 2.45) is 11.1 Å². The maximum absolute atomic E-state index is 13.4. The average molecular weight is 402 g/mol. The number of nitrogens with zero attached hydrogens (tertiary/aromatic N) is 2. The van der Waals surface area contributed by atoms with E-state index in [1.54, 1.807) is 6.92 Å². The highest BCUT2D eigenvalue weighted by molar-refractivity contribution is 5.84. The molecule has 0 bridgehead atoms. The average Bonchev–Trinajstić information content (AvgIpc) is 2.74. The van der Waals surface area contributed by atoms with Gasteiger partial charge in [-0.1, -0.05) is 31.0 Å². The monoisotopic (exact) mass is 401 g/mol. The number of hydrogen-bond donors (Lipinski definition) is 1. The van der Waals surface area contributed by atoms with Gasteiger partial charge in [-0.25, -0.2) is 0 Å². The summed E-state index contributed by atoms with van der Waals surface area (Å²) in [5.41, 5.74) is 6.65. The number of carbonyl (C=O) groups is 2. The number of fused-ring (bicyclic) bond motifs is 1. The molecule has 1 aromatic rings. The minimum absolute atomic E-state index is 0.0172. The summed E-state index contributed by atoms with van der Waals surface area (Å²) in [5, 5.41) is 0. The van der Waals surface area contributed by atoms with E-state index in [9.17, 15) is 9.59 Å². The molecule has 6 heteroatoms. The summed E-state index contributed by atoms with van der Waals surface area (Å²) in [6.45, 7) is 4.01. The Morgan fingerprint density at radius 1 is 1.10 bits per heavy atom. The van der Waals surface area contributed by atoms with Gasteiger partial charge in [0.15, 0.2) is 0 Å². The summed E-state index contributed by atoms with van der Waals surface area (Å²) >= 11 is 0. The summed E-state index contributed by atoms with van der Waals surface area (Å²) in [4.78, 5) is 29.3. The highest BCUT2D eigenvalue weighted by Crippen LogP contribution is 2.39. The summed E-state index contributed by atoms with van der Waals surface area (Å²) in [7, 11) is 1.87. The van der Waals surface area contributed by atoms with Crippen LogP contribution >= 0.6 is 0 Å². The van der Waals surface area contributed by atoms with E-state index in [0.29, 0.717) is 26.2 Å². The Morgan fingerprint density at radius 2 is 1.83 bits per heavy atom. The molecule has 2 N–H and O–H groups in total. The van der Waals surface area contributed by atoms with Crippen molar-refractivity contribution in [3.8, 4) is 5.75 Å². The SMILES string of the molecule is C[C@@H](N)C(=O)N1CCC2(CCCCCc3ccccc3OCCN(C)C2=O)CC1. The predicted octanol–water partition coefficient (Wildman–Crippen LogP) is 2.60. The number of benzene rings is 1. The number of carbonyl (C=O) groups excluding carboxylic acids is 2. The fraction of sp³-hybridized carbons (Fsp3) is 0.652. The van der Waals surface area contributed by atoms with Crippen LogP contribution in [0.5, 0.6) is 5.75 Å². The number of amides is 2. The second-order valence-corrected chi connectivity index (χ2v) is 8.64. The van der Waals surface area contributed by atoms with E-state index < -0.39 is 6.04 Å². The highest BCUT2D eigenvalue weighted by Gasteiger charge is 2.43. The Balaban J connectivity index is 1.70. The third-order valence-corrected chi connectivity index (χ3v) is 6.48.